The molecule has 0 spiro atoms. The van der Waals surface area contributed by atoms with Crippen LogP contribution in [0.2, 0.25) is 0 Å². The molecule has 0 aromatic rings. The van der Waals surface area contributed by atoms with Crippen molar-refractivity contribution >= 4 is 11.8 Å². The van der Waals surface area contributed by atoms with Gasteiger partial charge in [0.25, 0.3) is 0 Å². The Morgan fingerprint density at radius 2 is 1.76 bits per heavy atom. The van der Waals surface area contributed by atoms with Crippen LogP contribution in [0.4, 0.5) is 0 Å². The lowest BCUT2D eigenvalue weighted by Crippen LogP contribution is -2.41. The summed E-state index contributed by atoms with van der Waals surface area (Å²) in [5, 5.41) is 5.86. The molecule has 1 saturated heterocycles. The molecule has 5 heteroatoms. The first-order valence-corrected chi connectivity index (χ1v) is 8.39. The fourth-order valence-electron chi connectivity index (χ4n) is 3.49. The molecule has 2 fully saturated rings. The lowest BCUT2D eigenvalue weighted by molar-refractivity contribution is -0.122. The van der Waals surface area contributed by atoms with Gasteiger partial charge >= 0.3 is 0 Å². The smallest absolute Gasteiger partial charge is 0.234 e. The molecule has 1 saturated carbocycles. The number of carbonyl (C=O) groups is 2. The van der Waals surface area contributed by atoms with Gasteiger partial charge in [0, 0.05) is 26.1 Å². The predicted octanol–water partition coefficient (Wildman–Crippen LogP) is 1.28. The first kappa shape index (κ1) is 16.3. The van der Waals surface area contributed by atoms with E-state index in [9.17, 15) is 9.59 Å². The highest BCUT2D eigenvalue weighted by Crippen LogP contribution is 2.20. The van der Waals surface area contributed by atoms with Crippen molar-refractivity contribution in [2.45, 2.75) is 57.4 Å². The second kappa shape index (κ2) is 8.37. The van der Waals surface area contributed by atoms with Gasteiger partial charge in [-0.15, -0.1) is 0 Å². The second-order valence-electron chi connectivity index (χ2n) is 6.52. The van der Waals surface area contributed by atoms with Crippen molar-refractivity contribution < 1.29 is 9.59 Å². The van der Waals surface area contributed by atoms with E-state index in [2.05, 4.69) is 15.5 Å². The Hall–Kier alpha value is -1.10. The number of nitrogens with zero attached hydrogens (tertiary/aromatic N) is 1. The molecule has 1 aliphatic heterocycles. The zero-order valence-electron chi connectivity index (χ0n) is 13.2. The van der Waals surface area contributed by atoms with Crippen LogP contribution in [0.1, 0.15) is 51.4 Å². The van der Waals surface area contributed by atoms with Gasteiger partial charge in [0.15, 0.2) is 0 Å². The highest BCUT2D eigenvalue weighted by atomic mass is 16.2. The molecule has 0 aromatic carbocycles. The van der Waals surface area contributed by atoms with Gasteiger partial charge in [0.05, 0.1) is 6.54 Å². The molecule has 120 valence electrons. The highest BCUT2D eigenvalue weighted by Gasteiger charge is 2.26. The van der Waals surface area contributed by atoms with Gasteiger partial charge < -0.3 is 10.6 Å². The number of hydrogen-bond donors (Lipinski definition) is 2. The summed E-state index contributed by atoms with van der Waals surface area (Å²) in [5.41, 5.74) is 0. The number of hydrogen-bond acceptors (Lipinski definition) is 3. The molecule has 1 heterocycles. The number of rotatable bonds is 5. The van der Waals surface area contributed by atoms with Crippen molar-refractivity contribution in [3.8, 4) is 0 Å². The lowest BCUT2D eigenvalue weighted by Gasteiger charge is -2.20. The Morgan fingerprint density at radius 3 is 2.43 bits per heavy atom. The van der Waals surface area contributed by atoms with E-state index in [4.69, 9.17) is 0 Å². The van der Waals surface area contributed by atoms with E-state index in [1.807, 2.05) is 0 Å². The molecule has 0 aromatic heterocycles. The summed E-state index contributed by atoms with van der Waals surface area (Å²) in [6, 6.07) is 0.379. The summed E-state index contributed by atoms with van der Waals surface area (Å²) in [7, 11) is 1.68. The molecule has 0 bridgehead atoms. The Balaban J connectivity index is 1.67. The maximum atomic E-state index is 12.1. The van der Waals surface area contributed by atoms with Crippen LogP contribution in [0, 0.1) is 5.92 Å². The van der Waals surface area contributed by atoms with E-state index in [1.54, 1.807) is 7.05 Å². The maximum Gasteiger partial charge on any atom is 0.234 e. The van der Waals surface area contributed by atoms with Crippen molar-refractivity contribution in [2.24, 2.45) is 5.92 Å². The van der Waals surface area contributed by atoms with Crippen LogP contribution in [0.25, 0.3) is 0 Å². The molecule has 21 heavy (non-hydrogen) atoms. The van der Waals surface area contributed by atoms with Crippen LogP contribution in [0.5, 0.6) is 0 Å². The minimum atomic E-state index is 0.102. The monoisotopic (exact) mass is 295 g/mol. The van der Waals surface area contributed by atoms with Crippen LogP contribution in [-0.4, -0.2) is 49.4 Å². The molecule has 2 N–H and O–H groups in total. The number of likely N-dealkylation sites (tertiary alicyclic amines) is 1. The topological polar surface area (TPSA) is 61.4 Å². The van der Waals surface area contributed by atoms with Gasteiger partial charge in [0.1, 0.15) is 0 Å². The van der Waals surface area contributed by atoms with Gasteiger partial charge in [-0.05, 0) is 31.7 Å². The Bertz CT molecular complexity index is 351. The summed E-state index contributed by atoms with van der Waals surface area (Å²) >= 11 is 0. The maximum absolute atomic E-state index is 12.1. The minimum Gasteiger partial charge on any atom is -0.359 e. The molecule has 1 atom stereocenters. The molecular weight excluding hydrogens is 266 g/mol. The molecule has 2 rings (SSSR count). The van der Waals surface area contributed by atoms with Crippen LogP contribution < -0.4 is 10.6 Å². The summed E-state index contributed by atoms with van der Waals surface area (Å²) in [6.45, 7) is 2.28. The Labute approximate surface area is 127 Å². The fourth-order valence-corrected chi connectivity index (χ4v) is 3.49. The predicted molar refractivity (Wildman–Crippen MR) is 82.9 cm³/mol. The molecule has 1 aliphatic carbocycles. The third-order valence-electron chi connectivity index (χ3n) is 4.71. The minimum absolute atomic E-state index is 0.102. The molecule has 0 unspecified atom stereocenters. The Morgan fingerprint density at radius 1 is 1.05 bits per heavy atom. The first-order valence-electron chi connectivity index (χ1n) is 8.39. The zero-order chi connectivity index (χ0) is 15.1. The van der Waals surface area contributed by atoms with E-state index in [0.29, 0.717) is 24.9 Å². The van der Waals surface area contributed by atoms with Gasteiger partial charge in [-0.25, -0.2) is 0 Å². The van der Waals surface area contributed by atoms with E-state index < -0.39 is 0 Å². The summed E-state index contributed by atoms with van der Waals surface area (Å²) in [4.78, 5) is 25.7. The van der Waals surface area contributed by atoms with E-state index in [0.717, 1.165) is 32.4 Å². The van der Waals surface area contributed by atoms with Crippen molar-refractivity contribution in [3.63, 3.8) is 0 Å². The van der Waals surface area contributed by atoms with Crippen LogP contribution in [-0.2, 0) is 9.59 Å². The van der Waals surface area contributed by atoms with E-state index in [-0.39, 0.29) is 11.8 Å². The third kappa shape index (κ3) is 5.65. The normalized spacial score (nSPS) is 24.5. The fraction of sp³-hybridized carbons (Fsp3) is 0.875. The van der Waals surface area contributed by atoms with Gasteiger partial charge in [-0.1, -0.05) is 25.7 Å². The van der Waals surface area contributed by atoms with Crippen molar-refractivity contribution in [2.75, 3.05) is 26.7 Å². The number of nitrogens with one attached hydrogen (secondary N) is 2. The largest absolute Gasteiger partial charge is 0.359 e. The van der Waals surface area contributed by atoms with Crippen molar-refractivity contribution in [1.29, 1.82) is 0 Å². The van der Waals surface area contributed by atoms with Crippen molar-refractivity contribution in [1.82, 2.24) is 15.5 Å². The molecular formula is C16H29N3O2. The third-order valence-corrected chi connectivity index (χ3v) is 4.71. The van der Waals surface area contributed by atoms with E-state index >= 15 is 0 Å². The highest BCUT2D eigenvalue weighted by molar-refractivity contribution is 5.78. The van der Waals surface area contributed by atoms with Gasteiger partial charge in [0.2, 0.25) is 11.8 Å². The zero-order valence-corrected chi connectivity index (χ0v) is 13.2. The molecule has 2 amide bonds. The number of amides is 2. The average molecular weight is 295 g/mol. The van der Waals surface area contributed by atoms with E-state index in [1.165, 1.54) is 25.7 Å². The van der Waals surface area contributed by atoms with Crippen LogP contribution >= 0.6 is 0 Å². The Kier molecular flexibility index (Phi) is 6.49. The standard InChI is InChI=1S/C16H29N3O2/c1-17-15(20)10-13-8-9-19(11-13)12-16(21)18-14-6-4-2-3-5-7-14/h13-14H,2-12H2,1H3,(H,17,20)(H,18,21)/t13-/m0/s1. The summed E-state index contributed by atoms with van der Waals surface area (Å²) in [6.07, 6.45) is 8.95. The second-order valence-corrected chi connectivity index (χ2v) is 6.52. The average Bonchev–Trinajstić information content (AvgIpc) is 2.72. The quantitative estimate of drug-likeness (QED) is 0.751. The number of carbonyl (C=O) groups excluding carboxylic acids is 2. The van der Waals surface area contributed by atoms with Gasteiger partial charge in [-0.3, -0.25) is 14.5 Å². The lowest BCUT2D eigenvalue weighted by atomic mass is 10.1. The summed E-state index contributed by atoms with van der Waals surface area (Å²) in [5.74, 6) is 0.655. The van der Waals surface area contributed by atoms with Crippen molar-refractivity contribution in [3.05, 3.63) is 0 Å². The molecule has 0 radical (unpaired) electrons. The first-order chi connectivity index (χ1) is 10.2. The van der Waals surface area contributed by atoms with Crippen LogP contribution in [0.3, 0.4) is 0 Å². The SMILES string of the molecule is CNC(=O)C[C@@H]1CCN(CC(=O)NC2CCCCCC2)C1. The van der Waals surface area contributed by atoms with Gasteiger partial charge in [-0.2, -0.15) is 0 Å². The molecule has 2 aliphatic rings. The summed E-state index contributed by atoms with van der Waals surface area (Å²) < 4.78 is 0. The molecule has 5 nitrogen and oxygen atoms in total. The van der Waals surface area contributed by atoms with Crippen LogP contribution in [0.15, 0.2) is 0 Å².